The van der Waals surface area contributed by atoms with Gasteiger partial charge in [-0.25, -0.2) is 9.37 Å². The van der Waals surface area contributed by atoms with E-state index in [2.05, 4.69) is 55.1 Å². The lowest BCUT2D eigenvalue weighted by molar-refractivity contribution is 0.408. The molecule has 5 rings (SSSR count). The quantitative estimate of drug-likeness (QED) is 0.284. The van der Waals surface area contributed by atoms with Crippen molar-refractivity contribution < 1.29 is 13.9 Å². The van der Waals surface area contributed by atoms with Crippen LogP contribution in [-0.4, -0.2) is 41.3 Å². The van der Waals surface area contributed by atoms with Crippen LogP contribution in [0.3, 0.4) is 0 Å². The second kappa shape index (κ2) is 9.89. The lowest BCUT2D eigenvalue weighted by Crippen LogP contribution is -2.47. The molecule has 0 amide bonds. The Morgan fingerprint density at radius 3 is 2.47 bits per heavy atom. The summed E-state index contributed by atoms with van der Waals surface area (Å²) in [6.07, 6.45) is 0. The average Bonchev–Trinajstić information content (AvgIpc) is 3.29. The first-order valence-electron chi connectivity index (χ1n) is 10.4. The number of hydrogen-bond donors (Lipinski definition) is 2. The molecule has 2 aromatic carbocycles. The van der Waals surface area contributed by atoms with Crippen molar-refractivity contribution in [1.82, 2.24) is 9.97 Å². The van der Waals surface area contributed by atoms with Crippen LogP contribution in [0.15, 0.2) is 46.3 Å². The number of aryl methyl sites for hydroxylation is 1. The molecule has 0 atom stereocenters. The van der Waals surface area contributed by atoms with Crippen molar-refractivity contribution in [2.45, 2.75) is 6.92 Å². The summed E-state index contributed by atoms with van der Waals surface area (Å²) in [6.45, 7) is 5.19. The number of thiophene rings is 1. The molecule has 4 aromatic rings. The molecule has 1 aliphatic heterocycles. The van der Waals surface area contributed by atoms with Crippen molar-refractivity contribution in [3.05, 3.63) is 63.4 Å². The van der Waals surface area contributed by atoms with Crippen molar-refractivity contribution in [2.24, 2.45) is 0 Å². The Labute approximate surface area is 213 Å². The minimum Gasteiger partial charge on any atom is -0.505 e. The Balaban J connectivity index is 0.00000274. The van der Waals surface area contributed by atoms with Crippen LogP contribution >= 0.6 is 39.7 Å². The number of aromatic nitrogens is 2. The lowest BCUT2D eigenvalue weighted by Gasteiger charge is -2.37. The number of anilines is 4. The van der Waals surface area contributed by atoms with Gasteiger partial charge in [-0.05, 0) is 54.3 Å². The molecule has 34 heavy (non-hydrogen) atoms. The Morgan fingerprint density at radius 1 is 1.00 bits per heavy atom. The summed E-state index contributed by atoms with van der Waals surface area (Å²) in [5.74, 6) is -2.24. The molecule has 6 nitrogen and oxygen atoms in total. The molecule has 1 saturated heterocycles. The first kappa shape index (κ1) is 24.4. The van der Waals surface area contributed by atoms with E-state index in [1.54, 1.807) is 0 Å². The van der Waals surface area contributed by atoms with Crippen molar-refractivity contribution >= 4 is 73.0 Å². The second-order valence-corrected chi connectivity index (χ2v) is 9.63. The molecule has 0 spiro atoms. The molecule has 0 saturated carbocycles. The number of hydrogen-bond acceptors (Lipinski definition) is 7. The summed E-state index contributed by atoms with van der Waals surface area (Å²) in [5.41, 5.74) is 3.06. The topological polar surface area (TPSA) is 64.5 Å². The summed E-state index contributed by atoms with van der Waals surface area (Å²) in [5, 5.41) is 14.2. The van der Waals surface area contributed by atoms with Crippen molar-refractivity contribution in [2.75, 3.05) is 41.3 Å². The summed E-state index contributed by atoms with van der Waals surface area (Å²) < 4.78 is 30.0. The fraction of sp³-hybridized carbons (Fsp3) is 0.217. The maximum absolute atomic E-state index is 14.3. The summed E-state index contributed by atoms with van der Waals surface area (Å²) in [7, 11) is 0. The number of rotatable bonds is 4. The molecule has 0 radical (unpaired) electrons. The zero-order valence-electron chi connectivity index (χ0n) is 18.1. The highest BCUT2D eigenvalue weighted by molar-refractivity contribution is 9.10. The van der Waals surface area contributed by atoms with E-state index in [-0.39, 0.29) is 18.1 Å². The van der Waals surface area contributed by atoms with E-state index in [0.29, 0.717) is 11.8 Å². The number of fused-ring (bicyclic) bond motifs is 1. The minimum absolute atomic E-state index is 0. The van der Waals surface area contributed by atoms with E-state index in [9.17, 15) is 13.9 Å². The number of phenols is 1. The van der Waals surface area contributed by atoms with Crippen LogP contribution in [-0.2, 0) is 0 Å². The van der Waals surface area contributed by atoms with Gasteiger partial charge in [-0.2, -0.15) is 9.37 Å². The van der Waals surface area contributed by atoms with Gasteiger partial charge >= 0.3 is 0 Å². The smallest absolute Gasteiger partial charge is 0.228 e. The van der Waals surface area contributed by atoms with E-state index in [4.69, 9.17) is 4.98 Å². The SMILES string of the molecule is Cc1cc(Br)ccc1N1CCN(c2nc(Nc3ccc(O)c(F)c3F)c3sccc3n2)CC1.Cl. The zero-order valence-corrected chi connectivity index (χ0v) is 21.3. The largest absolute Gasteiger partial charge is 0.505 e. The molecule has 1 fully saturated rings. The molecule has 2 aromatic heterocycles. The number of phenolic OH excluding ortho intramolecular Hbond substituents is 1. The van der Waals surface area contributed by atoms with Crippen LogP contribution < -0.4 is 15.1 Å². The molecular weight excluding hydrogens is 548 g/mol. The van der Waals surface area contributed by atoms with Gasteiger partial charge in [0.25, 0.3) is 0 Å². The van der Waals surface area contributed by atoms with Gasteiger partial charge in [0, 0.05) is 36.3 Å². The van der Waals surface area contributed by atoms with E-state index >= 15 is 0 Å². The van der Waals surface area contributed by atoms with Crippen LogP contribution in [0, 0.1) is 18.6 Å². The van der Waals surface area contributed by atoms with Crippen molar-refractivity contribution in [3.8, 4) is 5.75 Å². The monoisotopic (exact) mass is 567 g/mol. The first-order chi connectivity index (χ1) is 15.9. The van der Waals surface area contributed by atoms with Crippen LogP contribution in [0.5, 0.6) is 5.75 Å². The summed E-state index contributed by atoms with van der Waals surface area (Å²) in [6, 6.07) is 10.6. The van der Waals surface area contributed by atoms with Gasteiger partial charge in [0.2, 0.25) is 11.8 Å². The molecule has 0 aliphatic carbocycles. The predicted molar refractivity (Wildman–Crippen MR) is 139 cm³/mol. The standard InChI is InChI=1S/C23H20BrF2N5OS.ClH/c1-13-12-14(24)2-4-17(13)30-7-9-31(10-8-30)23-28-16-6-11-33-21(16)22(29-23)27-15-3-5-18(32)20(26)19(15)25;/h2-6,11-12,32H,7-10H2,1H3,(H,27,28,29);1H. The fourth-order valence-electron chi connectivity index (χ4n) is 3.96. The molecule has 0 unspecified atom stereocenters. The highest BCUT2D eigenvalue weighted by Crippen LogP contribution is 2.33. The molecule has 3 heterocycles. The number of nitrogens with one attached hydrogen (secondary N) is 1. The van der Waals surface area contributed by atoms with E-state index in [1.807, 2.05) is 17.5 Å². The Hall–Kier alpha value is -2.69. The third-order valence-electron chi connectivity index (χ3n) is 5.67. The Morgan fingerprint density at radius 2 is 1.74 bits per heavy atom. The third kappa shape index (κ3) is 4.62. The molecule has 0 bridgehead atoms. The zero-order chi connectivity index (χ0) is 23.1. The third-order valence-corrected chi connectivity index (χ3v) is 7.07. The molecule has 178 valence electrons. The maximum Gasteiger partial charge on any atom is 0.228 e. The van der Waals surface area contributed by atoms with Crippen LogP contribution in [0.1, 0.15) is 5.56 Å². The number of piperazine rings is 1. The Kier molecular flexibility index (Phi) is 7.11. The number of aromatic hydroxyl groups is 1. The van der Waals surface area contributed by atoms with Gasteiger partial charge in [-0.15, -0.1) is 23.7 Å². The van der Waals surface area contributed by atoms with Crippen LogP contribution in [0.2, 0.25) is 0 Å². The van der Waals surface area contributed by atoms with E-state index in [0.717, 1.165) is 46.9 Å². The van der Waals surface area contributed by atoms with Gasteiger partial charge in [0.05, 0.1) is 15.9 Å². The van der Waals surface area contributed by atoms with Gasteiger partial charge in [0.15, 0.2) is 17.4 Å². The minimum atomic E-state index is -1.30. The van der Waals surface area contributed by atoms with Gasteiger partial charge < -0.3 is 20.2 Å². The molecule has 11 heteroatoms. The highest BCUT2D eigenvalue weighted by atomic mass is 79.9. The first-order valence-corrected chi connectivity index (χ1v) is 12.0. The lowest BCUT2D eigenvalue weighted by atomic mass is 10.1. The van der Waals surface area contributed by atoms with Gasteiger partial charge in [0.1, 0.15) is 0 Å². The van der Waals surface area contributed by atoms with Crippen molar-refractivity contribution in [3.63, 3.8) is 0 Å². The molecular formula is C23H21BrClF2N5OS. The summed E-state index contributed by atoms with van der Waals surface area (Å²) >= 11 is 4.93. The van der Waals surface area contributed by atoms with Crippen LogP contribution in [0.25, 0.3) is 10.2 Å². The van der Waals surface area contributed by atoms with Crippen LogP contribution in [0.4, 0.5) is 31.9 Å². The highest BCUT2D eigenvalue weighted by Gasteiger charge is 2.23. The Bertz CT molecular complexity index is 1350. The van der Waals surface area contributed by atoms with E-state index < -0.39 is 17.4 Å². The van der Waals surface area contributed by atoms with Gasteiger partial charge in [-0.3, -0.25) is 0 Å². The van der Waals surface area contributed by atoms with Gasteiger partial charge in [-0.1, -0.05) is 15.9 Å². The van der Waals surface area contributed by atoms with E-state index in [1.165, 1.54) is 28.7 Å². The number of nitrogens with zero attached hydrogens (tertiary/aromatic N) is 4. The number of halogens is 4. The molecule has 1 aliphatic rings. The van der Waals surface area contributed by atoms with Crippen molar-refractivity contribution in [1.29, 1.82) is 0 Å². The second-order valence-electron chi connectivity index (χ2n) is 7.80. The summed E-state index contributed by atoms with van der Waals surface area (Å²) in [4.78, 5) is 13.8. The maximum atomic E-state index is 14.3. The fourth-order valence-corrected chi connectivity index (χ4v) is 5.21. The predicted octanol–water partition coefficient (Wildman–Crippen LogP) is 6.24. The number of benzene rings is 2. The average molecular weight is 569 g/mol. The molecule has 2 N–H and O–H groups in total. The normalized spacial score (nSPS) is 13.8.